The van der Waals surface area contributed by atoms with E-state index in [2.05, 4.69) is 10.0 Å². The zero-order valence-electron chi connectivity index (χ0n) is 9.62. The van der Waals surface area contributed by atoms with E-state index in [1.54, 1.807) is 0 Å². The summed E-state index contributed by atoms with van der Waals surface area (Å²) in [5.74, 6) is -1.77. The molecule has 2 N–H and O–H groups in total. The molecule has 2 rings (SSSR count). The van der Waals surface area contributed by atoms with Crippen molar-refractivity contribution >= 4 is 15.7 Å². The van der Waals surface area contributed by atoms with Crippen LogP contribution in [0.3, 0.4) is 0 Å². The van der Waals surface area contributed by atoms with Crippen LogP contribution in [0.5, 0.6) is 0 Å². The Morgan fingerprint density at radius 1 is 1.39 bits per heavy atom. The van der Waals surface area contributed by atoms with Crippen LogP contribution in [0.15, 0.2) is 18.2 Å². The standard InChI is InChI=1S/C11H14F2N2O2S/c12-8-3-4-11(10(13)6-8)15-18(16,17)7-9-2-1-5-14-9/h3-4,6,9,14-15H,1-2,5,7H2. The van der Waals surface area contributed by atoms with Gasteiger partial charge in [-0.1, -0.05) is 0 Å². The summed E-state index contributed by atoms with van der Waals surface area (Å²) in [6.45, 7) is 0.797. The number of nitrogens with one attached hydrogen (secondary N) is 2. The summed E-state index contributed by atoms with van der Waals surface area (Å²) in [7, 11) is -3.63. The largest absolute Gasteiger partial charge is 0.313 e. The number of hydrogen-bond acceptors (Lipinski definition) is 3. The number of benzene rings is 1. The predicted molar refractivity (Wildman–Crippen MR) is 64.8 cm³/mol. The summed E-state index contributed by atoms with van der Waals surface area (Å²) < 4.78 is 51.7. The van der Waals surface area contributed by atoms with E-state index in [0.717, 1.165) is 31.5 Å². The van der Waals surface area contributed by atoms with Gasteiger partial charge in [0.1, 0.15) is 11.6 Å². The third-order valence-corrected chi connectivity index (χ3v) is 4.15. The van der Waals surface area contributed by atoms with Crippen LogP contribution in [0.25, 0.3) is 0 Å². The molecule has 18 heavy (non-hydrogen) atoms. The molecule has 0 bridgehead atoms. The summed E-state index contributed by atoms with van der Waals surface area (Å²) in [6.07, 6.45) is 1.72. The van der Waals surface area contributed by atoms with Crippen molar-refractivity contribution in [1.82, 2.24) is 5.32 Å². The molecule has 0 spiro atoms. The van der Waals surface area contributed by atoms with Gasteiger partial charge in [0.05, 0.1) is 11.4 Å². The van der Waals surface area contributed by atoms with Gasteiger partial charge in [0, 0.05) is 12.1 Å². The predicted octanol–water partition coefficient (Wildman–Crippen LogP) is 1.46. The Bertz CT molecular complexity index is 528. The third kappa shape index (κ3) is 3.39. The maximum absolute atomic E-state index is 13.3. The molecule has 4 nitrogen and oxygen atoms in total. The zero-order chi connectivity index (χ0) is 13.2. The zero-order valence-corrected chi connectivity index (χ0v) is 10.4. The molecule has 1 heterocycles. The van der Waals surface area contributed by atoms with Crippen LogP contribution in [0.1, 0.15) is 12.8 Å². The van der Waals surface area contributed by atoms with E-state index in [1.807, 2.05) is 0 Å². The maximum atomic E-state index is 13.3. The Kier molecular flexibility index (Phi) is 3.82. The molecule has 0 radical (unpaired) electrons. The Labute approximate surface area is 104 Å². The van der Waals surface area contributed by atoms with Gasteiger partial charge in [-0.15, -0.1) is 0 Å². The smallest absolute Gasteiger partial charge is 0.234 e. The first-order chi connectivity index (χ1) is 8.46. The van der Waals surface area contributed by atoms with Gasteiger partial charge in [-0.2, -0.15) is 0 Å². The number of hydrogen-bond donors (Lipinski definition) is 2. The van der Waals surface area contributed by atoms with E-state index >= 15 is 0 Å². The average molecular weight is 276 g/mol. The van der Waals surface area contributed by atoms with Crippen LogP contribution < -0.4 is 10.0 Å². The van der Waals surface area contributed by atoms with Gasteiger partial charge < -0.3 is 5.32 Å². The number of halogens is 2. The van der Waals surface area contributed by atoms with E-state index in [0.29, 0.717) is 6.07 Å². The van der Waals surface area contributed by atoms with Gasteiger partial charge in [0.2, 0.25) is 10.0 Å². The second-order valence-electron chi connectivity index (χ2n) is 4.30. The van der Waals surface area contributed by atoms with Crippen molar-refractivity contribution in [2.45, 2.75) is 18.9 Å². The molecule has 1 fully saturated rings. The fourth-order valence-corrected chi connectivity index (χ4v) is 3.34. The van der Waals surface area contributed by atoms with E-state index < -0.39 is 21.7 Å². The van der Waals surface area contributed by atoms with Crippen LogP contribution >= 0.6 is 0 Å². The number of anilines is 1. The van der Waals surface area contributed by atoms with Gasteiger partial charge in [-0.25, -0.2) is 17.2 Å². The molecule has 1 aromatic rings. The topological polar surface area (TPSA) is 58.2 Å². The number of sulfonamides is 1. The summed E-state index contributed by atoms with van der Waals surface area (Å²) >= 11 is 0. The minimum atomic E-state index is -3.63. The molecule has 0 aromatic heterocycles. The molecule has 1 atom stereocenters. The molecular weight excluding hydrogens is 262 g/mol. The minimum Gasteiger partial charge on any atom is -0.313 e. The van der Waals surface area contributed by atoms with E-state index in [-0.39, 0.29) is 17.5 Å². The summed E-state index contributed by atoms with van der Waals surface area (Å²) in [5.41, 5.74) is -0.227. The molecule has 1 aliphatic rings. The Hall–Kier alpha value is -1.21. The fraction of sp³-hybridized carbons (Fsp3) is 0.455. The number of rotatable bonds is 4. The van der Waals surface area contributed by atoms with Crippen molar-refractivity contribution in [1.29, 1.82) is 0 Å². The van der Waals surface area contributed by atoms with Gasteiger partial charge in [0.15, 0.2) is 0 Å². The van der Waals surface area contributed by atoms with Crippen molar-refractivity contribution < 1.29 is 17.2 Å². The minimum absolute atomic E-state index is 0.106. The van der Waals surface area contributed by atoms with Crippen LogP contribution in [0.2, 0.25) is 0 Å². The van der Waals surface area contributed by atoms with Crippen LogP contribution in [-0.4, -0.2) is 26.8 Å². The summed E-state index contributed by atoms with van der Waals surface area (Å²) in [6, 6.07) is 2.62. The lowest BCUT2D eigenvalue weighted by molar-refractivity contribution is 0.575. The summed E-state index contributed by atoms with van der Waals surface area (Å²) in [4.78, 5) is 0. The van der Waals surface area contributed by atoms with Crippen LogP contribution in [0, 0.1) is 11.6 Å². The van der Waals surface area contributed by atoms with Gasteiger partial charge in [-0.05, 0) is 31.5 Å². The van der Waals surface area contributed by atoms with E-state index in [4.69, 9.17) is 0 Å². The highest BCUT2D eigenvalue weighted by Gasteiger charge is 2.22. The lowest BCUT2D eigenvalue weighted by Gasteiger charge is -2.13. The molecule has 1 unspecified atom stereocenters. The van der Waals surface area contributed by atoms with Crippen molar-refractivity contribution in [2.75, 3.05) is 17.0 Å². The highest BCUT2D eigenvalue weighted by molar-refractivity contribution is 7.92. The summed E-state index contributed by atoms with van der Waals surface area (Å²) in [5, 5.41) is 3.05. The van der Waals surface area contributed by atoms with Gasteiger partial charge in [0.25, 0.3) is 0 Å². The Morgan fingerprint density at radius 2 is 2.17 bits per heavy atom. The normalized spacial score (nSPS) is 20.0. The maximum Gasteiger partial charge on any atom is 0.234 e. The van der Waals surface area contributed by atoms with Crippen molar-refractivity contribution in [3.05, 3.63) is 29.8 Å². The fourth-order valence-electron chi connectivity index (χ4n) is 1.95. The van der Waals surface area contributed by atoms with E-state index in [9.17, 15) is 17.2 Å². The molecule has 0 saturated carbocycles. The molecule has 100 valence electrons. The first-order valence-corrected chi connectivity index (χ1v) is 7.30. The highest BCUT2D eigenvalue weighted by atomic mass is 32.2. The quantitative estimate of drug-likeness (QED) is 0.875. The SMILES string of the molecule is O=S(=O)(CC1CCCN1)Nc1ccc(F)cc1F. The van der Waals surface area contributed by atoms with Gasteiger partial charge >= 0.3 is 0 Å². The van der Waals surface area contributed by atoms with Crippen LogP contribution in [0.4, 0.5) is 14.5 Å². The Morgan fingerprint density at radius 3 is 2.78 bits per heavy atom. The molecule has 0 aliphatic carbocycles. The average Bonchev–Trinajstić information content (AvgIpc) is 2.74. The molecule has 7 heteroatoms. The second-order valence-corrected chi connectivity index (χ2v) is 6.07. The molecule has 1 aromatic carbocycles. The van der Waals surface area contributed by atoms with E-state index in [1.165, 1.54) is 0 Å². The highest BCUT2D eigenvalue weighted by Crippen LogP contribution is 2.17. The monoisotopic (exact) mass is 276 g/mol. The molecular formula is C11H14F2N2O2S. The van der Waals surface area contributed by atoms with Crippen LogP contribution in [-0.2, 0) is 10.0 Å². The van der Waals surface area contributed by atoms with Crippen molar-refractivity contribution in [3.8, 4) is 0 Å². The van der Waals surface area contributed by atoms with Crippen molar-refractivity contribution in [3.63, 3.8) is 0 Å². The first-order valence-electron chi connectivity index (χ1n) is 5.65. The lowest BCUT2D eigenvalue weighted by Crippen LogP contribution is -2.33. The second kappa shape index (κ2) is 5.19. The van der Waals surface area contributed by atoms with Crippen molar-refractivity contribution in [2.24, 2.45) is 0 Å². The lowest BCUT2D eigenvalue weighted by atomic mass is 10.3. The molecule has 0 amide bonds. The van der Waals surface area contributed by atoms with Gasteiger partial charge in [-0.3, -0.25) is 4.72 Å². The molecule has 1 aliphatic heterocycles. The first kappa shape index (κ1) is 13.2. The Balaban J connectivity index is 2.07. The molecule has 1 saturated heterocycles. The third-order valence-electron chi connectivity index (χ3n) is 2.78.